The summed E-state index contributed by atoms with van der Waals surface area (Å²) in [4.78, 5) is 42.7. The predicted molar refractivity (Wildman–Crippen MR) is 192 cm³/mol. The average molecular weight is 654 g/mol. The lowest BCUT2D eigenvalue weighted by Crippen LogP contribution is -2.31. The van der Waals surface area contributed by atoms with Crippen LogP contribution in [0.3, 0.4) is 0 Å². The van der Waals surface area contributed by atoms with Crippen molar-refractivity contribution in [2.45, 2.75) is 41.5 Å². The Kier molecular flexibility index (Phi) is 9.39. The summed E-state index contributed by atoms with van der Waals surface area (Å²) in [5.74, 6) is 1.24. The van der Waals surface area contributed by atoms with Crippen LogP contribution in [-0.4, -0.2) is 49.4 Å². The second kappa shape index (κ2) is 14.0. The van der Waals surface area contributed by atoms with Crippen LogP contribution in [0.1, 0.15) is 46.9 Å². The largest absolute Gasteiger partial charge is 0.425 e. The third kappa shape index (κ3) is 6.58. The van der Waals surface area contributed by atoms with Crippen LogP contribution in [0, 0.1) is 27.7 Å². The van der Waals surface area contributed by atoms with Crippen LogP contribution in [0.4, 0.5) is 22.1 Å². The Bertz CT molecular complexity index is 2120. The number of pyridine rings is 1. The van der Waals surface area contributed by atoms with E-state index in [0.717, 1.165) is 35.9 Å². The van der Waals surface area contributed by atoms with Crippen molar-refractivity contribution < 1.29 is 14.3 Å². The van der Waals surface area contributed by atoms with Crippen LogP contribution >= 0.6 is 0 Å². The fourth-order valence-electron chi connectivity index (χ4n) is 5.91. The summed E-state index contributed by atoms with van der Waals surface area (Å²) in [6, 6.07) is 31.3. The van der Waals surface area contributed by atoms with Gasteiger partial charge < -0.3 is 9.64 Å². The topological polar surface area (TPSA) is 98.4 Å². The molecule has 0 aliphatic heterocycles. The normalized spacial score (nSPS) is 11.0. The minimum absolute atomic E-state index is 0.193. The lowest BCUT2D eigenvalue weighted by atomic mass is 10.1. The van der Waals surface area contributed by atoms with Crippen LogP contribution in [0.15, 0.2) is 103 Å². The molecule has 3 heterocycles. The van der Waals surface area contributed by atoms with Crippen molar-refractivity contribution in [3.05, 3.63) is 131 Å². The van der Waals surface area contributed by atoms with Crippen molar-refractivity contribution in [3.63, 3.8) is 0 Å². The first-order chi connectivity index (χ1) is 23.7. The molecule has 10 heteroatoms. The molecule has 248 valence electrons. The summed E-state index contributed by atoms with van der Waals surface area (Å²) >= 11 is 0. The Morgan fingerprint density at radius 2 is 1.47 bits per heavy atom. The van der Waals surface area contributed by atoms with Crippen LogP contribution in [-0.2, 0) is 0 Å². The Hall–Kier alpha value is -6.03. The summed E-state index contributed by atoms with van der Waals surface area (Å²) in [5, 5.41) is 4.72. The maximum absolute atomic E-state index is 14.7. The minimum atomic E-state index is -0.711. The van der Waals surface area contributed by atoms with E-state index in [0.29, 0.717) is 34.0 Å². The number of amides is 1. The first kappa shape index (κ1) is 32.9. The molecule has 6 aromatic rings. The zero-order valence-electron chi connectivity index (χ0n) is 28.6. The van der Waals surface area contributed by atoms with E-state index in [2.05, 4.69) is 18.7 Å². The molecule has 10 nitrogen and oxygen atoms in total. The van der Waals surface area contributed by atoms with Gasteiger partial charge in [0.2, 0.25) is 5.95 Å². The molecular weight excluding hydrogens is 614 g/mol. The van der Waals surface area contributed by atoms with Crippen molar-refractivity contribution in [2.24, 2.45) is 0 Å². The van der Waals surface area contributed by atoms with Gasteiger partial charge in [-0.15, -0.1) is 0 Å². The van der Waals surface area contributed by atoms with Gasteiger partial charge in [0.1, 0.15) is 17.3 Å². The molecule has 0 N–H and O–H groups in total. The SMILES string of the molecule is CCN(CC)c1ccc(N(C(=O)Oc2ccccc2)c2nc(-n3nc(C)cc3C)n(C(=O)c3ccccc3)c2-c2cccc(C)c2)c(C)n1. The van der Waals surface area contributed by atoms with Gasteiger partial charge in [0.05, 0.1) is 17.1 Å². The number of anilines is 3. The zero-order chi connectivity index (χ0) is 34.7. The maximum atomic E-state index is 14.7. The molecule has 1 amide bonds. The fraction of sp³-hybridized carbons (Fsp3) is 0.205. The van der Waals surface area contributed by atoms with Gasteiger partial charge in [-0.05, 0) is 90.1 Å². The van der Waals surface area contributed by atoms with E-state index >= 15 is 0 Å². The Balaban J connectivity index is 1.69. The maximum Gasteiger partial charge on any atom is 0.425 e. The van der Waals surface area contributed by atoms with Gasteiger partial charge >= 0.3 is 6.09 Å². The first-order valence-corrected chi connectivity index (χ1v) is 16.3. The van der Waals surface area contributed by atoms with Gasteiger partial charge in [-0.25, -0.2) is 23.9 Å². The number of aromatic nitrogens is 5. The first-order valence-electron chi connectivity index (χ1n) is 16.3. The number of hydrogen-bond donors (Lipinski definition) is 0. The smallest absolute Gasteiger partial charge is 0.410 e. The molecule has 0 spiro atoms. The highest BCUT2D eigenvalue weighted by Crippen LogP contribution is 2.40. The Labute approximate surface area is 286 Å². The average Bonchev–Trinajstić information content (AvgIpc) is 3.65. The van der Waals surface area contributed by atoms with Crippen LogP contribution in [0.5, 0.6) is 5.75 Å². The van der Waals surface area contributed by atoms with Crippen molar-refractivity contribution >= 4 is 29.3 Å². The minimum Gasteiger partial charge on any atom is -0.410 e. The van der Waals surface area contributed by atoms with E-state index in [-0.39, 0.29) is 17.7 Å². The summed E-state index contributed by atoms with van der Waals surface area (Å²) < 4.78 is 9.16. The third-order valence-electron chi connectivity index (χ3n) is 8.27. The van der Waals surface area contributed by atoms with E-state index in [4.69, 9.17) is 19.8 Å². The second-order valence-corrected chi connectivity index (χ2v) is 11.8. The highest BCUT2D eigenvalue weighted by molar-refractivity contribution is 6.05. The highest BCUT2D eigenvalue weighted by atomic mass is 16.6. The molecule has 0 aliphatic rings. The molecule has 0 atom stereocenters. The number of nitrogens with zero attached hydrogens (tertiary/aromatic N) is 7. The van der Waals surface area contributed by atoms with Crippen molar-refractivity contribution in [1.82, 2.24) is 24.3 Å². The number of carbonyl (C=O) groups is 2. The molecule has 0 aliphatic carbocycles. The van der Waals surface area contributed by atoms with Crippen molar-refractivity contribution in [3.8, 4) is 23.0 Å². The number of aryl methyl sites for hydroxylation is 4. The number of carbonyl (C=O) groups excluding carboxylic acids is 2. The van der Waals surface area contributed by atoms with Gasteiger partial charge in [0, 0.05) is 29.9 Å². The van der Waals surface area contributed by atoms with Gasteiger partial charge in [-0.3, -0.25) is 4.79 Å². The summed E-state index contributed by atoms with van der Waals surface area (Å²) in [5.41, 5.74) is 5.07. The van der Waals surface area contributed by atoms with Gasteiger partial charge in [-0.2, -0.15) is 10.1 Å². The molecule has 0 fully saturated rings. The number of rotatable bonds is 9. The van der Waals surface area contributed by atoms with E-state index in [1.165, 1.54) is 9.47 Å². The summed E-state index contributed by atoms with van der Waals surface area (Å²) in [7, 11) is 0. The monoisotopic (exact) mass is 653 g/mol. The molecule has 3 aromatic heterocycles. The molecule has 0 radical (unpaired) electrons. The standard InChI is InChI=1S/C39H39N7O3/c1-7-43(8-2)34-23-22-33(29(6)40-34)44(39(48)49-32-20-13-10-14-21-32)36-35(31-19-15-16-26(3)24-31)45(37(47)30-17-11-9-12-18-30)38(41-36)46-28(5)25-27(4)42-46/h9-25H,7-8H2,1-6H3. The molecule has 0 bridgehead atoms. The lowest BCUT2D eigenvalue weighted by Gasteiger charge is -2.25. The van der Waals surface area contributed by atoms with Crippen LogP contribution in [0.2, 0.25) is 0 Å². The number of hydrogen-bond acceptors (Lipinski definition) is 7. The van der Waals surface area contributed by atoms with Crippen molar-refractivity contribution in [2.75, 3.05) is 22.9 Å². The lowest BCUT2D eigenvalue weighted by molar-refractivity contribution is 0.0961. The number of benzene rings is 3. The molecule has 0 saturated carbocycles. The highest BCUT2D eigenvalue weighted by Gasteiger charge is 2.34. The van der Waals surface area contributed by atoms with Crippen LogP contribution < -0.4 is 14.5 Å². The Morgan fingerprint density at radius 1 is 0.776 bits per heavy atom. The van der Waals surface area contributed by atoms with E-state index in [1.54, 1.807) is 41.1 Å². The molecule has 6 rings (SSSR count). The molecule has 0 saturated heterocycles. The number of imidazole rings is 1. The molecular formula is C39H39N7O3. The van der Waals surface area contributed by atoms with E-state index in [1.807, 2.05) is 94.4 Å². The van der Waals surface area contributed by atoms with Crippen LogP contribution in [0.25, 0.3) is 17.2 Å². The number of ether oxygens (including phenoxy) is 1. The van der Waals surface area contributed by atoms with E-state index in [9.17, 15) is 9.59 Å². The van der Waals surface area contributed by atoms with Gasteiger partial charge in [-0.1, -0.05) is 60.2 Å². The van der Waals surface area contributed by atoms with E-state index < -0.39 is 6.09 Å². The van der Waals surface area contributed by atoms with Gasteiger partial charge in [0.25, 0.3) is 5.91 Å². The van der Waals surface area contributed by atoms with Gasteiger partial charge in [0.15, 0.2) is 5.82 Å². The molecule has 3 aromatic carbocycles. The predicted octanol–water partition coefficient (Wildman–Crippen LogP) is 8.24. The quantitative estimate of drug-likeness (QED) is 0.155. The summed E-state index contributed by atoms with van der Waals surface area (Å²) in [6.45, 7) is 13.3. The second-order valence-electron chi connectivity index (χ2n) is 11.8. The summed E-state index contributed by atoms with van der Waals surface area (Å²) in [6.07, 6.45) is -0.711. The zero-order valence-corrected chi connectivity index (χ0v) is 28.6. The number of para-hydroxylation sites is 1. The van der Waals surface area contributed by atoms with Crippen molar-refractivity contribution in [1.29, 1.82) is 0 Å². The third-order valence-corrected chi connectivity index (χ3v) is 8.27. The molecule has 49 heavy (non-hydrogen) atoms. The Morgan fingerprint density at radius 3 is 2.08 bits per heavy atom. The fourth-order valence-corrected chi connectivity index (χ4v) is 5.91. The molecule has 0 unspecified atom stereocenters.